The second kappa shape index (κ2) is 10.2. The first-order valence-electron chi connectivity index (χ1n) is 10.9. The lowest BCUT2D eigenvalue weighted by molar-refractivity contribution is -0.140. The molecule has 0 saturated carbocycles. The summed E-state index contributed by atoms with van der Waals surface area (Å²) in [6.45, 7) is 21.5. The van der Waals surface area contributed by atoms with E-state index in [2.05, 4.69) is 73.7 Å². The van der Waals surface area contributed by atoms with Gasteiger partial charge in [-0.05, 0) is 65.6 Å². The minimum atomic E-state index is -1.95. The van der Waals surface area contributed by atoms with Crippen LogP contribution in [-0.2, 0) is 23.3 Å². The monoisotopic (exact) mass is 438 g/mol. The van der Waals surface area contributed by atoms with Crippen LogP contribution in [0.4, 0.5) is 0 Å². The van der Waals surface area contributed by atoms with E-state index in [4.69, 9.17) is 18.5 Å². The number of esters is 1. The van der Waals surface area contributed by atoms with E-state index < -0.39 is 8.32 Å². The molecule has 0 aromatic rings. The van der Waals surface area contributed by atoms with Crippen LogP contribution in [0.2, 0.25) is 18.1 Å². The Labute approximate surface area is 185 Å². The van der Waals surface area contributed by atoms with Crippen molar-refractivity contribution in [1.82, 2.24) is 0 Å². The number of carbonyl (C=O) groups excluding carboxylic acids is 1. The maximum Gasteiger partial charge on any atom is 0.486 e. The van der Waals surface area contributed by atoms with E-state index in [1.54, 1.807) is 0 Å². The van der Waals surface area contributed by atoms with E-state index in [9.17, 15) is 4.79 Å². The van der Waals surface area contributed by atoms with Crippen LogP contribution in [0.5, 0.6) is 0 Å². The Balaban J connectivity index is 2.89. The lowest BCUT2D eigenvalue weighted by Crippen LogP contribution is -2.43. The molecule has 0 spiro atoms. The molecule has 7 heteroatoms. The molecular formula is C23H43BO5Si. The van der Waals surface area contributed by atoms with Gasteiger partial charge in [0.05, 0.1) is 24.4 Å². The molecule has 0 aromatic heterocycles. The predicted octanol–water partition coefficient (Wildman–Crippen LogP) is 5.85. The van der Waals surface area contributed by atoms with Crippen LogP contribution >= 0.6 is 0 Å². The van der Waals surface area contributed by atoms with Gasteiger partial charge >= 0.3 is 13.1 Å². The third-order valence-electron chi connectivity index (χ3n) is 6.61. The standard InChI is InChI=1S/C23H43BO5Si/c1-18(14-15-20(25)26-9)17-19(27-30(10,11)21(2,3)4)13-12-16-24-28-22(5,6)23(7,8)29-24/h12,16-17,19H,13-15H2,1-11H3/b16-12+,18-17+/t19-/m0/s1. The summed E-state index contributed by atoms with van der Waals surface area (Å²) in [4.78, 5) is 11.5. The summed E-state index contributed by atoms with van der Waals surface area (Å²) in [5.41, 5.74) is 0.445. The molecule has 1 fully saturated rings. The van der Waals surface area contributed by atoms with Crippen molar-refractivity contribution in [2.45, 2.75) is 110 Å². The van der Waals surface area contributed by atoms with Gasteiger partial charge in [0.2, 0.25) is 0 Å². The molecule has 5 nitrogen and oxygen atoms in total. The SMILES string of the molecule is COC(=O)CC/C(C)=C/[C@H](C/C=C/B1OC(C)(C)C(C)(C)O1)O[Si](C)(C)C(C)(C)C. The van der Waals surface area contributed by atoms with E-state index in [0.29, 0.717) is 12.8 Å². The van der Waals surface area contributed by atoms with Crippen molar-refractivity contribution in [3.05, 3.63) is 23.7 Å². The zero-order chi connectivity index (χ0) is 23.4. The van der Waals surface area contributed by atoms with E-state index in [-0.39, 0.29) is 35.4 Å². The smallest absolute Gasteiger partial charge is 0.469 e. The van der Waals surface area contributed by atoms with Gasteiger partial charge in [-0.2, -0.15) is 0 Å². The summed E-state index contributed by atoms with van der Waals surface area (Å²) in [6.07, 6.45) is 5.97. The van der Waals surface area contributed by atoms with Gasteiger partial charge in [-0.15, -0.1) is 0 Å². The van der Waals surface area contributed by atoms with Crippen molar-refractivity contribution in [3.8, 4) is 0 Å². The highest BCUT2D eigenvalue weighted by Gasteiger charge is 2.50. The minimum absolute atomic E-state index is 0.0535. The lowest BCUT2D eigenvalue weighted by atomic mass is 9.89. The predicted molar refractivity (Wildman–Crippen MR) is 127 cm³/mol. The highest BCUT2D eigenvalue weighted by atomic mass is 28.4. The summed E-state index contributed by atoms with van der Waals surface area (Å²) in [7, 11) is -0.878. The zero-order valence-corrected chi connectivity index (χ0v) is 22.0. The molecule has 1 heterocycles. The van der Waals surface area contributed by atoms with E-state index in [1.807, 2.05) is 12.9 Å². The van der Waals surface area contributed by atoms with Crippen molar-refractivity contribution >= 4 is 21.4 Å². The molecule has 0 aromatic carbocycles. The Hall–Kier alpha value is -0.888. The molecule has 1 aliphatic heterocycles. The topological polar surface area (TPSA) is 54.0 Å². The van der Waals surface area contributed by atoms with Gasteiger partial charge in [-0.1, -0.05) is 44.5 Å². The number of methoxy groups -OCH3 is 1. The first-order valence-corrected chi connectivity index (χ1v) is 13.9. The molecule has 1 rings (SSSR count). The summed E-state index contributed by atoms with van der Waals surface area (Å²) in [5.74, 6) is 1.79. The fraction of sp³-hybridized carbons (Fsp3) is 0.783. The van der Waals surface area contributed by atoms with Gasteiger partial charge in [0.1, 0.15) is 0 Å². The normalized spacial score (nSPS) is 20.6. The summed E-state index contributed by atoms with van der Waals surface area (Å²) in [6, 6.07) is 0. The summed E-state index contributed by atoms with van der Waals surface area (Å²) in [5, 5.41) is 0.119. The van der Waals surface area contributed by atoms with Crippen LogP contribution in [0.15, 0.2) is 23.7 Å². The third-order valence-corrected chi connectivity index (χ3v) is 11.1. The van der Waals surface area contributed by atoms with E-state index in [0.717, 1.165) is 12.0 Å². The molecule has 0 bridgehead atoms. The van der Waals surface area contributed by atoms with Crippen molar-refractivity contribution in [1.29, 1.82) is 0 Å². The average Bonchev–Trinajstić information content (AvgIpc) is 2.78. The number of carbonyl (C=O) groups is 1. The van der Waals surface area contributed by atoms with Crippen LogP contribution < -0.4 is 0 Å². The van der Waals surface area contributed by atoms with Crippen molar-refractivity contribution in [2.24, 2.45) is 0 Å². The summed E-state index contributed by atoms with van der Waals surface area (Å²) < 4.78 is 23.5. The van der Waals surface area contributed by atoms with E-state index >= 15 is 0 Å². The molecule has 0 amide bonds. The molecular weight excluding hydrogens is 395 g/mol. The van der Waals surface area contributed by atoms with Crippen LogP contribution in [-0.4, -0.2) is 45.8 Å². The van der Waals surface area contributed by atoms with Gasteiger partial charge in [-0.3, -0.25) is 4.79 Å². The highest BCUT2D eigenvalue weighted by molar-refractivity contribution is 6.74. The Morgan fingerprint density at radius 1 is 1.10 bits per heavy atom. The molecule has 1 saturated heterocycles. The van der Waals surface area contributed by atoms with Crippen LogP contribution in [0.3, 0.4) is 0 Å². The fourth-order valence-corrected chi connectivity index (χ4v) is 4.07. The second-order valence-electron chi connectivity index (χ2n) is 10.8. The van der Waals surface area contributed by atoms with Gasteiger partial charge in [0.15, 0.2) is 8.32 Å². The molecule has 0 N–H and O–H groups in total. The fourth-order valence-electron chi connectivity index (χ4n) is 2.80. The Kier molecular flexibility index (Phi) is 9.19. The maximum absolute atomic E-state index is 11.5. The number of allylic oxidation sites excluding steroid dienone is 1. The van der Waals surface area contributed by atoms with Crippen molar-refractivity contribution in [2.75, 3.05) is 7.11 Å². The molecule has 1 atom stereocenters. The van der Waals surface area contributed by atoms with Crippen molar-refractivity contribution in [3.63, 3.8) is 0 Å². The number of hydrogen-bond donors (Lipinski definition) is 0. The Morgan fingerprint density at radius 2 is 1.63 bits per heavy atom. The molecule has 1 aliphatic rings. The Bertz CT molecular complexity index is 630. The molecule has 0 aliphatic carbocycles. The van der Waals surface area contributed by atoms with Crippen LogP contribution in [0, 0.1) is 0 Å². The minimum Gasteiger partial charge on any atom is -0.469 e. The maximum atomic E-state index is 11.5. The highest BCUT2D eigenvalue weighted by Crippen LogP contribution is 2.39. The first-order chi connectivity index (χ1) is 13.5. The Morgan fingerprint density at radius 3 is 2.10 bits per heavy atom. The number of rotatable bonds is 9. The molecule has 172 valence electrons. The molecule has 0 radical (unpaired) electrons. The van der Waals surface area contributed by atoms with E-state index in [1.165, 1.54) is 7.11 Å². The summed E-state index contributed by atoms with van der Waals surface area (Å²) >= 11 is 0. The second-order valence-corrected chi connectivity index (χ2v) is 15.6. The zero-order valence-electron chi connectivity index (χ0n) is 21.0. The number of ether oxygens (including phenoxy) is 1. The first kappa shape index (κ1) is 27.1. The van der Waals surface area contributed by atoms with Gasteiger partial charge in [0.25, 0.3) is 0 Å². The van der Waals surface area contributed by atoms with Crippen LogP contribution in [0.1, 0.15) is 74.7 Å². The third kappa shape index (κ3) is 7.66. The van der Waals surface area contributed by atoms with Crippen molar-refractivity contribution < 1.29 is 23.3 Å². The quantitative estimate of drug-likeness (QED) is 0.257. The van der Waals surface area contributed by atoms with Gasteiger partial charge < -0.3 is 18.5 Å². The van der Waals surface area contributed by atoms with Gasteiger partial charge in [0, 0.05) is 6.42 Å². The molecule has 0 unspecified atom stereocenters. The van der Waals surface area contributed by atoms with Crippen LogP contribution in [0.25, 0.3) is 0 Å². The largest absolute Gasteiger partial charge is 0.486 e. The van der Waals surface area contributed by atoms with Gasteiger partial charge in [-0.25, -0.2) is 0 Å². The molecule has 30 heavy (non-hydrogen) atoms. The lowest BCUT2D eigenvalue weighted by Gasteiger charge is -2.38. The average molecular weight is 438 g/mol. The number of hydrogen-bond acceptors (Lipinski definition) is 5.